The average molecular weight is 544 g/mol. The van der Waals surface area contributed by atoms with E-state index in [9.17, 15) is 4.79 Å². The molecule has 1 aliphatic heterocycles. The van der Waals surface area contributed by atoms with E-state index in [2.05, 4.69) is 37.6 Å². The largest absolute Gasteiger partial charge is 0.493 e. The van der Waals surface area contributed by atoms with Crippen molar-refractivity contribution < 1.29 is 47.9 Å². The van der Waals surface area contributed by atoms with Gasteiger partial charge in [-0.1, -0.05) is 27.7 Å². The molecule has 1 aliphatic carbocycles. The van der Waals surface area contributed by atoms with Crippen LogP contribution in [0, 0.1) is 15.7 Å². The third-order valence-corrected chi connectivity index (χ3v) is 6.39. The number of benzene rings is 1. The second kappa shape index (κ2) is 12.9. The zero-order valence-corrected chi connectivity index (χ0v) is 23.4. The summed E-state index contributed by atoms with van der Waals surface area (Å²) in [4.78, 5) is 15.5. The van der Waals surface area contributed by atoms with Crippen molar-refractivity contribution in [3.05, 3.63) is 29.0 Å². The quantitative estimate of drug-likeness (QED) is 0.449. The predicted molar refractivity (Wildman–Crippen MR) is 129 cm³/mol. The lowest BCUT2D eigenvalue weighted by molar-refractivity contribution is -1.92. The van der Waals surface area contributed by atoms with E-state index in [4.69, 9.17) is 37.9 Å². The fourth-order valence-corrected chi connectivity index (χ4v) is 4.55. The van der Waals surface area contributed by atoms with Crippen LogP contribution < -0.4 is 28.2 Å². The second-order valence-corrected chi connectivity index (χ2v) is 10.3. The molecule has 0 unspecified atom stereocenters. The van der Waals surface area contributed by atoms with Crippen molar-refractivity contribution in [1.29, 1.82) is 0 Å². The number of carbonyl (C=O) groups is 1. The highest BCUT2D eigenvalue weighted by Crippen LogP contribution is 2.43. The number of hydrazone groups is 1. The first-order chi connectivity index (χ1) is 17.3. The maximum Gasteiger partial charge on any atom is 0.203 e. The third kappa shape index (κ3) is 8.56. The number of halogens is 1. The number of hydrogen-bond donors (Lipinski definition) is 1. The van der Waals surface area contributed by atoms with Crippen LogP contribution in [-0.4, -0.2) is 73.6 Å². The molecule has 0 saturated carbocycles. The van der Waals surface area contributed by atoms with Crippen molar-refractivity contribution in [3.8, 4) is 17.2 Å². The van der Waals surface area contributed by atoms with Crippen LogP contribution in [0.3, 0.4) is 0 Å². The predicted octanol–water partition coefficient (Wildman–Crippen LogP) is -0.0168. The molecular weight excluding hydrogens is 506 g/mol. The molecule has 0 amide bonds. The van der Waals surface area contributed by atoms with E-state index in [0.717, 1.165) is 55.1 Å². The van der Waals surface area contributed by atoms with Crippen LogP contribution in [0.2, 0.25) is 0 Å². The molecule has 12 heteroatoms. The fraction of sp³-hybridized carbons (Fsp3) is 0.600. The van der Waals surface area contributed by atoms with Crippen LogP contribution in [-0.2, 0) is 4.79 Å². The Morgan fingerprint density at radius 3 is 2.05 bits per heavy atom. The molecule has 2 aliphatic rings. The van der Waals surface area contributed by atoms with Gasteiger partial charge in [0.15, 0.2) is 17.3 Å². The van der Waals surface area contributed by atoms with Gasteiger partial charge in [-0.05, 0) is 37.1 Å². The monoisotopic (exact) mass is 543 g/mol. The van der Waals surface area contributed by atoms with Gasteiger partial charge in [-0.3, -0.25) is 9.80 Å². The van der Waals surface area contributed by atoms with Gasteiger partial charge in [0.25, 0.3) is 0 Å². The highest BCUT2D eigenvalue weighted by Gasteiger charge is 2.38. The number of Topliss-reactive ketones (excluding diaryl/α,β-unsaturated/α-hetero) is 1. The Morgan fingerprint density at radius 2 is 1.59 bits per heavy atom. The van der Waals surface area contributed by atoms with Crippen LogP contribution >= 0.6 is 0 Å². The zero-order valence-electron chi connectivity index (χ0n) is 22.6. The standard InChI is InChI=1S/C25H37N3O4.ClHO4/c1-8-27(9-2)10-11-28-20-15-25(3,4)16-21(29)18(20)14-19(26-28)17-12-22(30-5)24(32-7)23(13-17)31-6;2-1(3,4)5/h12-13H,8-11,14-16H2,1-7H3;(H,2,3,4,5). The van der Waals surface area contributed by atoms with E-state index in [-0.39, 0.29) is 11.2 Å². The molecule has 0 bridgehead atoms. The summed E-state index contributed by atoms with van der Waals surface area (Å²) in [6, 6.07) is 3.82. The lowest BCUT2D eigenvalue weighted by Crippen LogP contribution is -2.58. The average Bonchev–Trinajstić information content (AvgIpc) is 2.82. The lowest BCUT2D eigenvalue weighted by atomic mass is 9.74. The molecule has 3 rings (SSSR count). The van der Waals surface area contributed by atoms with Gasteiger partial charge in [-0.2, -0.15) is 19.1 Å². The van der Waals surface area contributed by atoms with Crippen LogP contribution in [0.25, 0.3) is 0 Å². The molecule has 0 atom stereocenters. The summed E-state index contributed by atoms with van der Waals surface area (Å²) in [6.07, 6.45) is 1.95. The van der Waals surface area contributed by atoms with Crippen LogP contribution in [0.15, 0.2) is 28.5 Å². The molecular formula is C25H38ClN3O8. The molecule has 11 nitrogen and oxygen atoms in total. The fourth-order valence-electron chi connectivity index (χ4n) is 4.55. The number of likely N-dealkylation sites (N-methyl/N-ethyl adjacent to an activating group) is 1. The van der Waals surface area contributed by atoms with E-state index in [1.165, 1.54) is 0 Å². The van der Waals surface area contributed by atoms with Gasteiger partial charge in [0.2, 0.25) is 5.75 Å². The van der Waals surface area contributed by atoms with E-state index >= 15 is 0 Å². The minimum atomic E-state index is -4.69. The smallest absolute Gasteiger partial charge is 0.203 e. The van der Waals surface area contributed by atoms with Gasteiger partial charge in [-0.25, -0.2) is 0 Å². The number of allylic oxidation sites excluding steroid dienone is 2. The maximum atomic E-state index is 13.1. The molecule has 208 valence electrons. The Labute approximate surface area is 220 Å². The Hall–Kier alpha value is -2.41. The summed E-state index contributed by atoms with van der Waals surface area (Å²) in [5.74, 6) is 1.93. The van der Waals surface area contributed by atoms with E-state index in [1.807, 2.05) is 12.1 Å². The Bertz CT molecular complexity index is 985. The number of rotatable bonds is 9. The van der Waals surface area contributed by atoms with Crippen molar-refractivity contribution >= 4 is 11.5 Å². The molecule has 0 spiro atoms. The molecule has 0 radical (unpaired) electrons. The van der Waals surface area contributed by atoms with Crippen molar-refractivity contribution in [2.75, 3.05) is 47.5 Å². The number of ketones is 1. The van der Waals surface area contributed by atoms with Crippen LogP contribution in [0.4, 0.5) is 0 Å². The number of nitrogens with zero attached hydrogens (tertiary/aromatic N) is 3. The van der Waals surface area contributed by atoms with Gasteiger partial charge in [-0.15, -0.1) is 0 Å². The summed E-state index contributed by atoms with van der Waals surface area (Å²) in [5, 5.41) is 7.11. The Balaban J connectivity index is 0.000000877. The second-order valence-electron chi connectivity index (χ2n) is 9.55. The van der Waals surface area contributed by atoms with Crippen LogP contribution in [0.1, 0.15) is 52.5 Å². The normalized spacial score (nSPS) is 17.1. The topological polar surface area (TPSA) is 153 Å². The molecule has 1 aromatic rings. The van der Waals surface area contributed by atoms with Gasteiger partial charge in [0, 0.05) is 36.2 Å². The number of methoxy groups -OCH3 is 3. The Kier molecular flexibility index (Phi) is 10.7. The highest BCUT2D eigenvalue weighted by atomic mass is 35.7. The highest BCUT2D eigenvalue weighted by molar-refractivity contribution is 6.10. The van der Waals surface area contributed by atoms with E-state index in [0.29, 0.717) is 30.1 Å². The first-order valence-corrected chi connectivity index (χ1v) is 13.3. The number of carbonyl (C=O) groups excluding carboxylic acids is 1. The van der Waals surface area contributed by atoms with Crippen LogP contribution in [0.5, 0.6) is 17.2 Å². The zero-order chi connectivity index (χ0) is 28.0. The van der Waals surface area contributed by atoms with Crippen molar-refractivity contribution in [3.63, 3.8) is 0 Å². The van der Waals surface area contributed by atoms with Gasteiger partial charge in [0.05, 0.1) is 48.5 Å². The summed E-state index contributed by atoms with van der Waals surface area (Å²) >= 11 is 0. The van der Waals surface area contributed by atoms with Crippen molar-refractivity contribution in [2.24, 2.45) is 10.5 Å². The summed E-state index contributed by atoms with van der Waals surface area (Å²) in [7, 11) is 0.105. The van der Waals surface area contributed by atoms with Crippen molar-refractivity contribution in [1.82, 2.24) is 9.91 Å². The molecule has 0 saturated heterocycles. The SMILES string of the molecule is CCN(CC)CCN1N=C(c2cc(OC)c(OC)c(OC)c2)CC2=C1CC(C)(C)CC2=O.[O-][Cl+3]([O-])([O-])O. The van der Waals surface area contributed by atoms with Crippen molar-refractivity contribution in [2.45, 2.75) is 47.0 Å². The van der Waals surface area contributed by atoms with Gasteiger partial charge in [0.1, 0.15) is 0 Å². The van der Waals surface area contributed by atoms with E-state index < -0.39 is 10.2 Å². The first kappa shape index (κ1) is 30.8. The third-order valence-electron chi connectivity index (χ3n) is 6.39. The number of hydrogen-bond acceptors (Lipinski definition) is 11. The maximum absolute atomic E-state index is 13.1. The minimum absolute atomic E-state index is 0.0526. The molecule has 0 fully saturated rings. The molecule has 1 heterocycles. The summed E-state index contributed by atoms with van der Waals surface area (Å²) < 4.78 is 49.3. The molecule has 37 heavy (non-hydrogen) atoms. The minimum Gasteiger partial charge on any atom is -0.493 e. The lowest BCUT2D eigenvalue weighted by Gasteiger charge is -2.39. The Morgan fingerprint density at radius 1 is 1.05 bits per heavy atom. The molecule has 1 aromatic carbocycles. The van der Waals surface area contributed by atoms with E-state index in [1.54, 1.807) is 21.3 Å². The first-order valence-electron chi connectivity index (χ1n) is 12.0. The van der Waals surface area contributed by atoms with Gasteiger partial charge >= 0.3 is 0 Å². The molecule has 1 N–H and O–H groups in total. The number of ether oxygens (including phenoxy) is 3. The summed E-state index contributed by atoms with van der Waals surface area (Å²) in [6.45, 7) is 12.3. The summed E-state index contributed by atoms with van der Waals surface area (Å²) in [5.41, 5.74) is 3.63. The van der Waals surface area contributed by atoms with Gasteiger partial charge < -0.3 is 19.1 Å². The molecule has 0 aromatic heterocycles.